The summed E-state index contributed by atoms with van der Waals surface area (Å²) in [5.41, 5.74) is 4.33. The Morgan fingerprint density at radius 3 is 2.23 bits per heavy atom. The summed E-state index contributed by atoms with van der Waals surface area (Å²) in [7, 11) is 2.17. The summed E-state index contributed by atoms with van der Waals surface area (Å²) in [5, 5.41) is 7.06. The van der Waals surface area contributed by atoms with Crippen LogP contribution in [-0.2, 0) is 11.3 Å². The molecule has 2 aliphatic heterocycles. The Balaban J connectivity index is 1.25. The van der Waals surface area contributed by atoms with Gasteiger partial charge in [0.2, 0.25) is 5.91 Å². The molecule has 0 radical (unpaired) electrons. The number of nitrogens with zero attached hydrogens (tertiary/aromatic N) is 3. The second kappa shape index (κ2) is 9.45. The van der Waals surface area contributed by atoms with E-state index < -0.39 is 0 Å². The molecule has 0 saturated carbocycles. The number of anilines is 3. The maximum Gasteiger partial charge on any atom is 0.227 e. The first kappa shape index (κ1) is 20.6. The third kappa shape index (κ3) is 5.09. The van der Waals surface area contributed by atoms with Crippen molar-refractivity contribution >= 4 is 40.3 Å². The van der Waals surface area contributed by atoms with Gasteiger partial charge in [-0.2, -0.15) is 0 Å². The third-order valence-electron chi connectivity index (χ3n) is 5.77. The lowest BCUT2D eigenvalue weighted by atomic mass is 10.2. The average molecular weight is 424 g/mol. The van der Waals surface area contributed by atoms with E-state index in [1.807, 2.05) is 29.2 Å². The summed E-state index contributed by atoms with van der Waals surface area (Å²) in [5.74, 6) is 0.200. The zero-order valence-corrected chi connectivity index (χ0v) is 18.3. The minimum atomic E-state index is 0.200. The van der Waals surface area contributed by atoms with Crippen LogP contribution in [0.3, 0.4) is 0 Å². The van der Waals surface area contributed by atoms with E-state index >= 15 is 0 Å². The van der Waals surface area contributed by atoms with Crippen LogP contribution in [0.4, 0.5) is 17.1 Å². The molecule has 2 N–H and O–H groups in total. The number of nitrogens with one attached hydrogen (secondary N) is 2. The Morgan fingerprint density at radius 2 is 1.60 bits per heavy atom. The number of amides is 1. The molecular weight excluding hydrogens is 394 g/mol. The summed E-state index contributed by atoms with van der Waals surface area (Å²) in [6.45, 7) is 5.85. The van der Waals surface area contributed by atoms with Gasteiger partial charge in [0.05, 0.1) is 0 Å². The van der Waals surface area contributed by atoms with E-state index in [4.69, 9.17) is 12.2 Å². The van der Waals surface area contributed by atoms with Crippen molar-refractivity contribution in [3.05, 3.63) is 54.1 Å². The predicted molar refractivity (Wildman–Crippen MR) is 127 cm³/mol. The molecule has 0 aliphatic carbocycles. The molecule has 6 nitrogen and oxygen atoms in total. The van der Waals surface area contributed by atoms with Crippen LogP contribution in [0.1, 0.15) is 18.4 Å². The summed E-state index contributed by atoms with van der Waals surface area (Å²) < 4.78 is 0. The van der Waals surface area contributed by atoms with E-state index in [0.29, 0.717) is 18.1 Å². The van der Waals surface area contributed by atoms with Crippen LogP contribution in [-0.4, -0.2) is 55.7 Å². The number of carbonyl (C=O) groups excluding carboxylic acids is 1. The lowest BCUT2D eigenvalue weighted by Gasteiger charge is -2.34. The van der Waals surface area contributed by atoms with Crippen LogP contribution in [0.5, 0.6) is 0 Å². The maximum atomic E-state index is 11.9. The molecule has 0 bridgehead atoms. The lowest BCUT2D eigenvalue weighted by molar-refractivity contribution is -0.117. The summed E-state index contributed by atoms with van der Waals surface area (Å²) in [6.07, 6.45) is 1.58. The minimum absolute atomic E-state index is 0.200. The van der Waals surface area contributed by atoms with Crippen molar-refractivity contribution in [3.63, 3.8) is 0 Å². The molecular formula is C23H29N5OS. The molecule has 30 heavy (non-hydrogen) atoms. The van der Waals surface area contributed by atoms with Gasteiger partial charge in [0.25, 0.3) is 0 Å². The van der Waals surface area contributed by atoms with Crippen LogP contribution < -0.4 is 20.4 Å². The number of hydrogen-bond acceptors (Lipinski definition) is 4. The first-order valence-corrected chi connectivity index (χ1v) is 11.0. The topological polar surface area (TPSA) is 50.9 Å². The quantitative estimate of drug-likeness (QED) is 0.721. The van der Waals surface area contributed by atoms with E-state index in [0.717, 1.165) is 50.5 Å². The zero-order chi connectivity index (χ0) is 20.9. The molecule has 2 aromatic rings. The maximum absolute atomic E-state index is 11.9. The second-order valence-electron chi connectivity index (χ2n) is 7.96. The Kier molecular flexibility index (Phi) is 6.50. The molecule has 2 fully saturated rings. The van der Waals surface area contributed by atoms with Crippen molar-refractivity contribution in [1.82, 2.24) is 10.2 Å². The number of likely N-dealkylation sites (N-methyl/N-ethyl adjacent to an activating group) is 1. The molecule has 0 unspecified atom stereocenters. The molecule has 2 aromatic carbocycles. The van der Waals surface area contributed by atoms with Crippen molar-refractivity contribution in [3.8, 4) is 0 Å². The molecule has 2 aliphatic rings. The molecule has 4 rings (SSSR count). The van der Waals surface area contributed by atoms with Gasteiger partial charge in [-0.05, 0) is 67.6 Å². The largest absolute Gasteiger partial charge is 0.369 e. The highest BCUT2D eigenvalue weighted by Gasteiger charge is 2.21. The Hall–Kier alpha value is -2.64. The lowest BCUT2D eigenvalue weighted by Crippen LogP contribution is -2.44. The molecule has 0 spiro atoms. The first-order chi connectivity index (χ1) is 14.6. The monoisotopic (exact) mass is 423 g/mol. The van der Waals surface area contributed by atoms with Gasteiger partial charge in [-0.15, -0.1) is 0 Å². The van der Waals surface area contributed by atoms with Crippen LogP contribution in [0.2, 0.25) is 0 Å². The van der Waals surface area contributed by atoms with Crippen molar-refractivity contribution in [1.29, 1.82) is 0 Å². The highest BCUT2D eigenvalue weighted by Crippen LogP contribution is 2.23. The predicted octanol–water partition coefficient (Wildman–Crippen LogP) is 3.05. The summed E-state index contributed by atoms with van der Waals surface area (Å²) in [4.78, 5) is 18.5. The molecule has 2 saturated heterocycles. The Bertz CT molecular complexity index is 875. The van der Waals surface area contributed by atoms with E-state index in [9.17, 15) is 4.79 Å². The standard InChI is InChI=1S/C23H29N5OS/c1-26-13-15-27(16-14-26)20-8-4-18(5-9-20)17-24-23(30)25-19-6-10-21(11-7-19)28-12-2-3-22(28)29/h4-11H,2-3,12-17H2,1H3,(H2,24,25,30). The normalized spacial score (nSPS) is 17.3. The van der Waals surface area contributed by atoms with Gasteiger partial charge in [-0.1, -0.05) is 12.1 Å². The Labute approximate surface area is 183 Å². The van der Waals surface area contributed by atoms with Crippen molar-refractivity contribution in [2.24, 2.45) is 0 Å². The number of piperazine rings is 1. The molecule has 158 valence electrons. The summed E-state index contributed by atoms with van der Waals surface area (Å²) >= 11 is 5.43. The van der Waals surface area contributed by atoms with Gasteiger partial charge >= 0.3 is 0 Å². The zero-order valence-electron chi connectivity index (χ0n) is 17.4. The number of thiocarbonyl (C=S) groups is 1. The van der Waals surface area contributed by atoms with Gasteiger partial charge in [-0.25, -0.2) is 0 Å². The van der Waals surface area contributed by atoms with Crippen LogP contribution in [0.25, 0.3) is 0 Å². The van der Waals surface area contributed by atoms with Gasteiger partial charge in [0.1, 0.15) is 0 Å². The van der Waals surface area contributed by atoms with E-state index in [-0.39, 0.29) is 5.91 Å². The smallest absolute Gasteiger partial charge is 0.227 e. The van der Waals surface area contributed by atoms with E-state index in [2.05, 4.69) is 51.7 Å². The molecule has 0 atom stereocenters. The number of benzene rings is 2. The van der Waals surface area contributed by atoms with E-state index in [1.165, 1.54) is 11.3 Å². The first-order valence-electron chi connectivity index (χ1n) is 10.6. The Morgan fingerprint density at radius 1 is 0.933 bits per heavy atom. The average Bonchev–Trinajstić information content (AvgIpc) is 3.20. The number of hydrogen-bond donors (Lipinski definition) is 2. The second-order valence-corrected chi connectivity index (χ2v) is 8.37. The van der Waals surface area contributed by atoms with Crippen LogP contribution in [0, 0.1) is 0 Å². The highest BCUT2D eigenvalue weighted by molar-refractivity contribution is 7.80. The molecule has 2 heterocycles. The fraction of sp³-hybridized carbons (Fsp3) is 0.391. The van der Waals surface area contributed by atoms with Crippen molar-refractivity contribution in [2.45, 2.75) is 19.4 Å². The van der Waals surface area contributed by atoms with Crippen molar-refractivity contribution in [2.75, 3.05) is 54.9 Å². The van der Waals surface area contributed by atoms with Gasteiger partial charge < -0.3 is 25.3 Å². The molecule has 1 amide bonds. The van der Waals surface area contributed by atoms with Gasteiger partial charge in [0, 0.05) is 62.8 Å². The van der Waals surface area contributed by atoms with Crippen molar-refractivity contribution < 1.29 is 4.79 Å². The SMILES string of the molecule is CN1CCN(c2ccc(CNC(=S)Nc3ccc(N4CCCC4=O)cc3)cc2)CC1. The number of carbonyl (C=O) groups is 1. The van der Waals surface area contributed by atoms with E-state index in [1.54, 1.807) is 0 Å². The third-order valence-corrected chi connectivity index (χ3v) is 6.01. The summed E-state index contributed by atoms with van der Waals surface area (Å²) in [6, 6.07) is 16.5. The van der Waals surface area contributed by atoms with Gasteiger partial charge in [-0.3, -0.25) is 4.79 Å². The van der Waals surface area contributed by atoms with Crippen LogP contribution >= 0.6 is 12.2 Å². The minimum Gasteiger partial charge on any atom is -0.369 e. The fourth-order valence-corrected chi connectivity index (χ4v) is 4.08. The van der Waals surface area contributed by atoms with Gasteiger partial charge in [0.15, 0.2) is 5.11 Å². The van der Waals surface area contributed by atoms with Crippen LogP contribution in [0.15, 0.2) is 48.5 Å². The number of rotatable bonds is 5. The fourth-order valence-electron chi connectivity index (χ4n) is 3.89. The molecule has 0 aromatic heterocycles. The molecule has 7 heteroatoms. The highest BCUT2D eigenvalue weighted by atomic mass is 32.1.